The largest absolute Gasteiger partial charge is 0.395 e. The fourth-order valence-corrected chi connectivity index (χ4v) is 0.983. The minimum Gasteiger partial charge on any atom is -0.395 e. The normalized spacial score (nSPS) is 10.2. The lowest BCUT2D eigenvalue weighted by Gasteiger charge is -2.16. The Kier molecular flexibility index (Phi) is 3.19. The van der Waals surface area contributed by atoms with Crippen LogP contribution in [0.4, 0.5) is 5.82 Å². The third kappa shape index (κ3) is 2.39. The van der Waals surface area contributed by atoms with Gasteiger partial charge in [-0.2, -0.15) is 5.10 Å². The minimum absolute atomic E-state index is 0.130. The van der Waals surface area contributed by atoms with E-state index < -0.39 is 0 Å². The van der Waals surface area contributed by atoms with Gasteiger partial charge in [-0.1, -0.05) is 0 Å². The number of anilines is 1. The highest BCUT2D eigenvalue weighted by molar-refractivity contribution is 5.39. The fourth-order valence-electron chi connectivity index (χ4n) is 0.983. The number of aromatic nitrogens is 2. The van der Waals surface area contributed by atoms with Crippen LogP contribution in [-0.2, 0) is 0 Å². The predicted molar refractivity (Wildman–Crippen MR) is 51.9 cm³/mol. The predicted octanol–water partition coefficient (Wildman–Crippen LogP) is 0.522. The lowest BCUT2D eigenvalue weighted by molar-refractivity contribution is 0.303. The van der Waals surface area contributed by atoms with Crippen molar-refractivity contribution in [1.82, 2.24) is 10.2 Å². The second-order valence-electron chi connectivity index (χ2n) is 3.12. The molecule has 0 fully saturated rings. The number of nitrogens with zero attached hydrogens (tertiary/aromatic N) is 3. The van der Waals surface area contributed by atoms with Crippen molar-refractivity contribution >= 4 is 5.82 Å². The van der Waals surface area contributed by atoms with Crippen molar-refractivity contribution in [2.45, 2.75) is 13.8 Å². The Labute approximate surface area is 78.2 Å². The van der Waals surface area contributed by atoms with E-state index in [1.807, 2.05) is 31.9 Å². The smallest absolute Gasteiger partial charge is 0.151 e. The van der Waals surface area contributed by atoms with Crippen LogP contribution < -0.4 is 4.90 Å². The number of likely N-dealkylation sites (N-methyl/N-ethyl adjacent to an activating group) is 1. The van der Waals surface area contributed by atoms with Gasteiger partial charge in [0.05, 0.1) is 12.3 Å². The molecule has 1 aromatic rings. The van der Waals surface area contributed by atoms with Crippen LogP contribution in [0.15, 0.2) is 6.07 Å². The molecule has 1 heterocycles. The standard InChI is InChI=1S/C9H15N3O/c1-7-6-9(11-10-8(7)2)12(3)4-5-13/h6,13H,4-5H2,1-3H3. The molecular formula is C9H15N3O. The van der Waals surface area contributed by atoms with Gasteiger partial charge in [0, 0.05) is 13.6 Å². The van der Waals surface area contributed by atoms with Gasteiger partial charge in [-0.3, -0.25) is 0 Å². The van der Waals surface area contributed by atoms with E-state index in [0.717, 1.165) is 17.1 Å². The van der Waals surface area contributed by atoms with Crippen LogP contribution in [0.25, 0.3) is 0 Å². The van der Waals surface area contributed by atoms with Crippen molar-refractivity contribution in [3.05, 3.63) is 17.3 Å². The molecule has 1 aromatic heterocycles. The summed E-state index contributed by atoms with van der Waals surface area (Å²) >= 11 is 0. The monoisotopic (exact) mass is 181 g/mol. The number of hydrogen-bond acceptors (Lipinski definition) is 4. The summed E-state index contributed by atoms with van der Waals surface area (Å²) < 4.78 is 0. The van der Waals surface area contributed by atoms with Gasteiger partial charge in [0.1, 0.15) is 0 Å². The first kappa shape index (κ1) is 9.92. The Morgan fingerprint density at radius 2 is 2.08 bits per heavy atom. The minimum atomic E-state index is 0.130. The van der Waals surface area contributed by atoms with E-state index in [0.29, 0.717) is 6.54 Å². The summed E-state index contributed by atoms with van der Waals surface area (Å²) in [7, 11) is 1.88. The molecule has 0 spiro atoms. The summed E-state index contributed by atoms with van der Waals surface area (Å²) in [6.45, 7) is 4.64. The van der Waals surface area contributed by atoms with Gasteiger partial charge in [0.15, 0.2) is 5.82 Å². The SMILES string of the molecule is Cc1cc(N(C)CCO)nnc1C. The van der Waals surface area contributed by atoms with E-state index in [2.05, 4.69) is 10.2 Å². The van der Waals surface area contributed by atoms with E-state index >= 15 is 0 Å². The molecule has 0 radical (unpaired) electrons. The number of aliphatic hydroxyl groups is 1. The average molecular weight is 181 g/mol. The topological polar surface area (TPSA) is 49.2 Å². The van der Waals surface area contributed by atoms with Crippen molar-refractivity contribution in [2.24, 2.45) is 0 Å². The summed E-state index contributed by atoms with van der Waals surface area (Å²) in [6, 6.07) is 1.97. The van der Waals surface area contributed by atoms with Gasteiger partial charge in [0.25, 0.3) is 0 Å². The maximum Gasteiger partial charge on any atom is 0.151 e. The first-order valence-corrected chi connectivity index (χ1v) is 4.28. The summed E-state index contributed by atoms with van der Waals surface area (Å²) in [4.78, 5) is 1.87. The van der Waals surface area contributed by atoms with Crippen LogP contribution in [0, 0.1) is 13.8 Å². The molecule has 0 saturated heterocycles. The average Bonchev–Trinajstić information content (AvgIpc) is 2.10. The molecule has 0 aliphatic heterocycles. The van der Waals surface area contributed by atoms with E-state index in [9.17, 15) is 0 Å². The molecule has 4 heteroatoms. The first-order valence-electron chi connectivity index (χ1n) is 4.28. The Balaban J connectivity index is 2.84. The van der Waals surface area contributed by atoms with Gasteiger partial charge in [0.2, 0.25) is 0 Å². The molecule has 0 unspecified atom stereocenters. The molecule has 1 N–H and O–H groups in total. The second kappa shape index (κ2) is 4.18. The van der Waals surface area contributed by atoms with Crippen LogP contribution in [0.3, 0.4) is 0 Å². The van der Waals surface area contributed by atoms with Gasteiger partial charge in [-0.15, -0.1) is 5.10 Å². The van der Waals surface area contributed by atoms with Crippen molar-refractivity contribution in [3.63, 3.8) is 0 Å². The molecule has 13 heavy (non-hydrogen) atoms. The molecular weight excluding hydrogens is 166 g/mol. The van der Waals surface area contributed by atoms with E-state index in [1.54, 1.807) is 0 Å². The van der Waals surface area contributed by atoms with E-state index in [4.69, 9.17) is 5.11 Å². The molecule has 0 aliphatic rings. The highest BCUT2D eigenvalue weighted by Crippen LogP contribution is 2.10. The zero-order valence-corrected chi connectivity index (χ0v) is 8.28. The molecule has 72 valence electrons. The summed E-state index contributed by atoms with van der Waals surface area (Å²) in [5.41, 5.74) is 2.07. The second-order valence-corrected chi connectivity index (χ2v) is 3.12. The van der Waals surface area contributed by atoms with Gasteiger partial charge >= 0.3 is 0 Å². The van der Waals surface area contributed by atoms with Gasteiger partial charge < -0.3 is 10.0 Å². The van der Waals surface area contributed by atoms with E-state index in [1.165, 1.54) is 0 Å². The Morgan fingerprint density at radius 1 is 1.38 bits per heavy atom. The Bertz CT molecular complexity index is 288. The molecule has 1 rings (SSSR count). The maximum atomic E-state index is 8.73. The van der Waals surface area contributed by atoms with Crippen LogP contribution >= 0.6 is 0 Å². The van der Waals surface area contributed by atoms with Crippen LogP contribution in [-0.4, -0.2) is 35.5 Å². The van der Waals surface area contributed by atoms with E-state index in [-0.39, 0.29) is 6.61 Å². The van der Waals surface area contributed by atoms with Crippen LogP contribution in [0.5, 0.6) is 0 Å². The molecule has 4 nitrogen and oxygen atoms in total. The highest BCUT2D eigenvalue weighted by atomic mass is 16.3. The van der Waals surface area contributed by atoms with Crippen molar-refractivity contribution in [1.29, 1.82) is 0 Å². The number of aryl methyl sites for hydroxylation is 2. The summed E-state index contributed by atoms with van der Waals surface area (Å²) in [5, 5.41) is 16.8. The van der Waals surface area contributed by atoms with Crippen LogP contribution in [0.2, 0.25) is 0 Å². The lowest BCUT2D eigenvalue weighted by Crippen LogP contribution is -2.22. The third-order valence-electron chi connectivity index (χ3n) is 2.05. The zero-order valence-electron chi connectivity index (χ0n) is 8.28. The van der Waals surface area contributed by atoms with Crippen molar-refractivity contribution < 1.29 is 5.11 Å². The molecule has 0 amide bonds. The maximum absolute atomic E-state index is 8.73. The Morgan fingerprint density at radius 3 is 2.62 bits per heavy atom. The molecule has 0 saturated carbocycles. The quantitative estimate of drug-likeness (QED) is 0.738. The fraction of sp³-hybridized carbons (Fsp3) is 0.556. The lowest BCUT2D eigenvalue weighted by atomic mass is 10.2. The van der Waals surface area contributed by atoms with Crippen molar-refractivity contribution in [3.8, 4) is 0 Å². The molecule has 0 atom stereocenters. The number of rotatable bonds is 3. The molecule has 0 aromatic carbocycles. The highest BCUT2D eigenvalue weighted by Gasteiger charge is 2.03. The summed E-state index contributed by atoms with van der Waals surface area (Å²) in [5.74, 6) is 0.803. The van der Waals surface area contributed by atoms with Gasteiger partial charge in [-0.05, 0) is 25.5 Å². The number of hydrogen-bond donors (Lipinski definition) is 1. The molecule has 0 aliphatic carbocycles. The number of aliphatic hydroxyl groups excluding tert-OH is 1. The Hall–Kier alpha value is -1.16. The van der Waals surface area contributed by atoms with Gasteiger partial charge in [-0.25, -0.2) is 0 Å². The van der Waals surface area contributed by atoms with Crippen molar-refractivity contribution in [2.75, 3.05) is 25.1 Å². The molecule has 0 bridgehead atoms. The van der Waals surface area contributed by atoms with Crippen LogP contribution in [0.1, 0.15) is 11.3 Å². The zero-order chi connectivity index (χ0) is 9.84. The first-order chi connectivity index (χ1) is 6.15. The summed E-state index contributed by atoms with van der Waals surface area (Å²) in [6.07, 6.45) is 0. The third-order valence-corrected chi connectivity index (χ3v) is 2.05.